The number of carbonyl (C=O) groups excluding carboxylic acids is 1. The molecule has 4 atom stereocenters. The van der Waals surface area contributed by atoms with E-state index in [1.54, 1.807) is 0 Å². The molecular formula is C29H55NO5. The second-order valence-corrected chi connectivity index (χ2v) is 9.73. The van der Waals surface area contributed by atoms with E-state index in [-0.39, 0.29) is 0 Å². The minimum absolute atomic E-state index is 0.347. The van der Waals surface area contributed by atoms with Gasteiger partial charge in [-0.3, -0.25) is 4.79 Å². The lowest BCUT2D eigenvalue weighted by molar-refractivity contribution is -0.132. The van der Waals surface area contributed by atoms with Crippen molar-refractivity contribution in [2.75, 3.05) is 6.61 Å². The third-order valence-corrected chi connectivity index (χ3v) is 6.38. The number of hydrogen-bond donors (Lipinski definition) is 5. The first-order valence-corrected chi connectivity index (χ1v) is 14.2. The zero-order valence-corrected chi connectivity index (χ0v) is 22.5. The van der Waals surface area contributed by atoms with Gasteiger partial charge in [0.2, 0.25) is 5.91 Å². The van der Waals surface area contributed by atoms with Crippen LogP contribution in [0.15, 0.2) is 24.3 Å². The summed E-state index contributed by atoms with van der Waals surface area (Å²) in [5.74, 6) is -0.611. The molecule has 206 valence electrons. The average molecular weight is 498 g/mol. The largest absolute Gasteiger partial charge is 0.394 e. The van der Waals surface area contributed by atoms with E-state index in [2.05, 4.69) is 43.5 Å². The van der Waals surface area contributed by atoms with Gasteiger partial charge in [0, 0.05) is 0 Å². The first kappa shape index (κ1) is 33.8. The van der Waals surface area contributed by atoms with Crippen molar-refractivity contribution >= 4 is 5.91 Å². The fourth-order valence-corrected chi connectivity index (χ4v) is 3.98. The van der Waals surface area contributed by atoms with Crippen molar-refractivity contribution in [3.05, 3.63) is 24.3 Å². The molecule has 0 aromatic carbocycles. The lowest BCUT2D eigenvalue weighted by Gasteiger charge is -2.27. The van der Waals surface area contributed by atoms with Crippen LogP contribution in [0.2, 0.25) is 0 Å². The molecular weight excluding hydrogens is 442 g/mol. The van der Waals surface area contributed by atoms with E-state index in [1.807, 2.05) is 0 Å². The van der Waals surface area contributed by atoms with Gasteiger partial charge in [-0.1, -0.05) is 83.1 Å². The molecule has 0 aliphatic carbocycles. The smallest absolute Gasteiger partial charge is 0.249 e. The topological polar surface area (TPSA) is 110 Å². The van der Waals surface area contributed by atoms with Crippen LogP contribution in [0.1, 0.15) is 123 Å². The predicted molar refractivity (Wildman–Crippen MR) is 145 cm³/mol. The molecule has 6 nitrogen and oxygen atoms in total. The summed E-state index contributed by atoms with van der Waals surface area (Å²) in [6.45, 7) is 3.89. The van der Waals surface area contributed by atoms with Gasteiger partial charge in [0.05, 0.1) is 18.8 Å². The van der Waals surface area contributed by atoms with Crippen LogP contribution in [0.5, 0.6) is 0 Å². The third-order valence-electron chi connectivity index (χ3n) is 6.38. The first-order valence-electron chi connectivity index (χ1n) is 14.2. The summed E-state index contributed by atoms with van der Waals surface area (Å²) in [6.07, 6.45) is 22.1. The van der Waals surface area contributed by atoms with E-state index in [0.29, 0.717) is 19.3 Å². The average Bonchev–Trinajstić information content (AvgIpc) is 2.86. The highest BCUT2D eigenvalue weighted by atomic mass is 16.3. The van der Waals surface area contributed by atoms with E-state index in [9.17, 15) is 25.2 Å². The molecule has 0 saturated carbocycles. The van der Waals surface area contributed by atoms with Crippen LogP contribution in [-0.2, 0) is 4.79 Å². The Bertz CT molecular complexity index is 537. The van der Waals surface area contributed by atoms with Crippen molar-refractivity contribution in [1.29, 1.82) is 0 Å². The van der Waals surface area contributed by atoms with Crippen LogP contribution in [0.25, 0.3) is 0 Å². The van der Waals surface area contributed by atoms with Crippen LogP contribution >= 0.6 is 0 Å². The Morgan fingerprint density at radius 2 is 1.17 bits per heavy atom. The van der Waals surface area contributed by atoms with Crippen LogP contribution in [0.3, 0.4) is 0 Å². The van der Waals surface area contributed by atoms with Gasteiger partial charge in [0.1, 0.15) is 12.2 Å². The number of aliphatic hydroxyl groups is 4. The van der Waals surface area contributed by atoms with Crippen molar-refractivity contribution in [2.45, 2.75) is 147 Å². The molecule has 0 rings (SSSR count). The Hall–Kier alpha value is -1.21. The molecule has 6 heteroatoms. The number of aliphatic hydroxyl groups excluding tert-OH is 4. The summed E-state index contributed by atoms with van der Waals surface area (Å²) in [5, 5.41) is 42.8. The molecule has 0 aliphatic rings. The molecule has 5 N–H and O–H groups in total. The normalized spacial score (nSPS) is 15.5. The van der Waals surface area contributed by atoms with Gasteiger partial charge in [-0.25, -0.2) is 0 Å². The standard InChI is InChI=1S/C29H55NO5/c1-3-5-7-9-11-13-14-15-17-19-21-23-27(33)29(35)30-25(24-31)28(34)26(32)22-20-18-16-12-10-8-6-4-2/h11-13,16,25-28,31-34H,3-10,14-15,17-24H2,1-2H3,(H,30,35)/b13-11-,16-12+. The summed E-state index contributed by atoms with van der Waals surface area (Å²) < 4.78 is 0. The Labute approximate surface area is 214 Å². The number of amides is 1. The zero-order chi connectivity index (χ0) is 26.2. The molecule has 0 saturated heterocycles. The number of allylic oxidation sites excluding steroid dienone is 4. The Morgan fingerprint density at radius 3 is 1.69 bits per heavy atom. The van der Waals surface area contributed by atoms with Gasteiger partial charge in [0.15, 0.2) is 0 Å². The van der Waals surface area contributed by atoms with Crippen LogP contribution in [-0.4, -0.2) is 57.3 Å². The third kappa shape index (κ3) is 19.6. The minimum atomic E-state index is -1.28. The highest BCUT2D eigenvalue weighted by Gasteiger charge is 2.28. The molecule has 0 radical (unpaired) electrons. The molecule has 0 bridgehead atoms. The highest BCUT2D eigenvalue weighted by molar-refractivity contribution is 5.80. The molecule has 0 aliphatic heterocycles. The van der Waals surface area contributed by atoms with E-state index in [1.165, 1.54) is 38.5 Å². The molecule has 0 aromatic rings. The number of hydrogen-bond acceptors (Lipinski definition) is 5. The van der Waals surface area contributed by atoms with Gasteiger partial charge in [-0.2, -0.15) is 0 Å². The summed E-state index contributed by atoms with van der Waals surface area (Å²) in [5.41, 5.74) is 0. The molecule has 4 unspecified atom stereocenters. The maximum Gasteiger partial charge on any atom is 0.249 e. The summed E-state index contributed by atoms with van der Waals surface area (Å²) >= 11 is 0. The molecule has 0 fully saturated rings. The highest BCUT2D eigenvalue weighted by Crippen LogP contribution is 2.12. The van der Waals surface area contributed by atoms with Crippen molar-refractivity contribution < 1.29 is 25.2 Å². The quantitative estimate of drug-likeness (QED) is 0.0914. The fraction of sp³-hybridized carbons (Fsp3) is 0.828. The van der Waals surface area contributed by atoms with Crippen molar-refractivity contribution in [3.63, 3.8) is 0 Å². The van der Waals surface area contributed by atoms with Gasteiger partial charge >= 0.3 is 0 Å². The Balaban J connectivity index is 4.03. The summed E-state index contributed by atoms with van der Waals surface area (Å²) in [6, 6.07) is -0.999. The van der Waals surface area contributed by atoms with Crippen molar-refractivity contribution in [2.24, 2.45) is 0 Å². The van der Waals surface area contributed by atoms with Gasteiger partial charge in [-0.15, -0.1) is 0 Å². The second kappa shape index (κ2) is 24.5. The maximum atomic E-state index is 12.3. The number of nitrogens with one attached hydrogen (secondary N) is 1. The van der Waals surface area contributed by atoms with Crippen molar-refractivity contribution in [3.8, 4) is 0 Å². The van der Waals surface area contributed by atoms with Crippen molar-refractivity contribution in [1.82, 2.24) is 5.32 Å². The summed E-state index contributed by atoms with van der Waals surface area (Å²) in [4.78, 5) is 12.3. The predicted octanol–water partition coefficient (Wildman–Crippen LogP) is 5.33. The van der Waals surface area contributed by atoms with E-state index in [4.69, 9.17) is 0 Å². The van der Waals surface area contributed by atoms with E-state index in [0.717, 1.165) is 51.4 Å². The monoisotopic (exact) mass is 497 g/mol. The fourth-order valence-electron chi connectivity index (χ4n) is 3.98. The minimum Gasteiger partial charge on any atom is -0.394 e. The number of rotatable bonds is 24. The summed E-state index contributed by atoms with van der Waals surface area (Å²) in [7, 11) is 0. The molecule has 0 spiro atoms. The van der Waals surface area contributed by atoms with Gasteiger partial charge < -0.3 is 25.7 Å². The lowest BCUT2D eigenvalue weighted by Crippen LogP contribution is -2.53. The van der Waals surface area contributed by atoms with E-state index < -0.39 is 36.9 Å². The number of unbranched alkanes of at least 4 members (excludes halogenated alkanes) is 11. The Morgan fingerprint density at radius 1 is 0.686 bits per heavy atom. The molecule has 0 aromatic heterocycles. The van der Waals surface area contributed by atoms with Crippen LogP contribution in [0.4, 0.5) is 0 Å². The molecule has 35 heavy (non-hydrogen) atoms. The maximum absolute atomic E-state index is 12.3. The molecule has 1 amide bonds. The van der Waals surface area contributed by atoms with E-state index >= 15 is 0 Å². The first-order chi connectivity index (χ1) is 17.0. The SMILES string of the molecule is CCCCC/C=C\CCCCCCC(O)C(=O)NC(CO)C(O)C(O)CCC/C=C/CCCCC. The van der Waals surface area contributed by atoms with Crippen LogP contribution < -0.4 is 5.32 Å². The molecule has 0 heterocycles. The van der Waals surface area contributed by atoms with Crippen LogP contribution in [0, 0.1) is 0 Å². The number of carbonyl (C=O) groups is 1. The van der Waals surface area contributed by atoms with Gasteiger partial charge in [-0.05, 0) is 64.2 Å². The lowest BCUT2D eigenvalue weighted by atomic mass is 10.00. The Kier molecular flexibility index (Phi) is 23.6. The second-order valence-electron chi connectivity index (χ2n) is 9.73. The zero-order valence-electron chi connectivity index (χ0n) is 22.5. The van der Waals surface area contributed by atoms with Gasteiger partial charge in [0.25, 0.3) is 0 Å².